The lowest BCUT2D eigenvalue weighted by Gasteiger charge is -2.37. The molecule has 0 radical (unpaired) electrons. The molecular formula is C25H27ClN4O3S. The number of nitriles is 1. The molecule has 0 spiro atoms. The first-order chi connectivity index (χ1) is 16.2. The van der Waals surface area contributed by atoms with E-state index in [2.05, 4.69) is 17.7 Å². The number of rotatable bonds is 7. The summed E-state index contributed by atoms with van der Waals surface area (Å²) in [6.07, 6.45) is 3.37. The van der Waals surface area contributed by atoms with E-state index in [1.807, 2.05) is 18.2 Å². The van der Waals surface area contributed by atoms with Gasteiger partial charge in [-0.15, -0.1) is 0 Å². The van der Waals surface area contributed by atoms with Crippen LogP contribution in [0.15, 0.2) is 65.7 Å². The second-order valence-corrected chi connectivity index (χ2v) is 11.1. The summed E-state index contributed by atoms with van der Waals surface area (Å²) in [6.45, 7) is 3.39. The van der Waals surface area contributed by atoms with Crippen LogP contribution in [0.2, 0.25) is 0 Å². The van der Waals surface area contributed by atoms with Gasteiger partial charge < -0.3 is 9.47 Å². The molecule has 1 N–H and O–H groups in total. The third-order valence-electron chi connectivity index (χ3n) is 6.39. The minimum Gasteiger partial charge on any atom is -0.340 e. The van der Waals surface area contributed by atoms with Crippen LogP contribution in [0.4, 0.5) is 0 Å². The molecule has 1 aliphatic rings. The number of hydrogen-bond acceptors (Lipinski definition) is 4. The van der Waals surface area contributed by atoms with E-state index in [0.717, 1.165) is 18.2 Å². The first kappa shape index (κ1) is 24.3. The fourth-order valence-corrected chi connectivity index (χ4v) is 6.31. The molecule has 34 heavy (non-hydrogen) atoms. The lowest BCUT2D eigenvalue weighted by molar-refractivity contribution is -0.136. The van der Waals surface area contributed by atoms with Gasteiger partial charge in [0.1, 0.15) is 11.8 Å². The average Bonchev–Trinajstić information content (AvgIpc) is 3.30. The topological polar surface area (TPSA) is 95.2 Å². The quantitative estimate of drug-likeness (QED) is 0.392. The average molecular weight is 499 g/mol. The number of aryl methyl sites for hydroxylation is 1. The molecule has 178 valence electrons. The van der Waals surface area contributed by atoms with Crippen molar-refractivity contribution in [3.05, 3.63) is 66.5 Å². The predicted octanol–water partition coefficient (Wildman–Crippen LogP) is 4.08. The molecule has 2 heterocycles. The van der Waals surface area contributed by atoms with Crippen molar-refractivity contribution in [2.75, 3.05) is 13.1 Å². The second kappa shape index (κ2) is 9.79. The number of sulfonamides is 1. The van der Waals surface area contributed by atoms with Crippen LogP contribution in [0.5, 0.6) is 0 Å². The summed E-state index contributed by atoms with van der Waals surface area (Å²) in [6, 6.07) is 17.6. The molecule has 1 atom stereocenters. The number of aromatic nitrogens is 1. The number of nitrogens with one attached hydrogen (secondary N) is 1. The zero-order valence-electron chi connectivity index (χ0n) is 18.9. The molecule has 0 saturated carbocycles. The van der Waals surface area contributed by atoms with Crippen LogP contribution >= 0.6 is 11.6 Å². The first-order valence-corrected chi connectivity index (χ1v) is 13.1. The van der Waals surface area contributed by atoms with Gasteiger partial charge in [-0.05, 0) is 42.3 Å². The molecule has 2 aromatic carbocycles. The van der Waals surface area contributed by atoms with Gasteiger partial charge in [-0.25, -0.2) is 8.42 Å². The number of benzene rings is 2. The van der Waals surface area contributed by atoms with E-state index < -0.39 is 20.9 Å². The van der Waals surface area contributed by atoms with Gasteiger partial charge in [0.25, 0.3) is 5.91 Å². The number of amides is 1. The van der Waals surface area contributed by atoms with Crippen molar-refractivity contribution in [2.45, 2.75) is 42.6 Å². The third-order valence-corrected chi connectivity index (χ3v) is 8.50. The highest BCUT2D eigenvalue weighted by Crippen LogP contribution is 2.30. The van der Waals surface area contributed by atoms with Crippen molar-refractivity contribution < 1.29 is 13.2 Å². The minimum absolute atomic E-state index is 0.0210. The van der Waals surface area contributed by atoms with Gasteiger partial charge in [0.15, 0.2) is 5.00 Å². The molecule has 3 aromatic rings. The van der Waals surface area contributed by atoms with Gasteiger partial charge in [-0.1, -0.05) is 54.9 Å². The Morgan fingerprint density at radius 1 is 1.15 bits per heavy atom. The number of halogens is 1. The van der Waals surface area contributed by atoms with Gasteiger partial charge in [-0.2, -0.15) is 9.98 Å². The smallest absolute Gasteiger partial charge is 0.259 e. The Morgan fingerprint density at radius 3 is 2.59 bits per heavy atom. The zero-order chi connectivity index (χ0) is 24.3. The lowest BCUT2D eigenvalue weighted by atomic mass is 9.98. The monoisotopic (exact) mass is 498 g/mol. The molecule has 0 bridgehead atoms. The fraction of sp³-hybridized carbons (Fsp3) is 0.360. The maximum absolute atomic E-state index is 13.6. The van der Waals surface area contributed by atoms with Crippen molar-refractivity contribution in [3.8, 4) is 6.07 Å². The third kappa shape index (κ3) is 4.97. The predicted molar refractivity (Wildman–Crippen MR) is 132 cm³/mol. The normalized spacial score (nSPS) is 16.8. The first-order valence-electron chi connectivity index (χ1n) is 11.3. The van der Waals surface area contributed by atoms with E-state index in [0.29, 0.717) is 30.1 Å². The van der Waals surface area contributed by atoms with Crippen LogP contribution in [0.1, 0.15) is 31.9 Å². The van der Waals surface area contributed by atoms with E-state index in [-0.39, 0.29) is 17.9 Å². The Labute approximate surface area is 205 Å². The number of carbonyl (C=O) groups is 1. The molecule has 0 aliphatic carbocycles. The van der Waals surface area contributed by atoms with Gasteiger partial charge in [0, 0.05) is 37.6 Å². The fourth-order valence-electron chi connectivity index (χ4n) is 4.35. The number of nitrogens with zero attached hydrogens (tertiary/aromatic N) is 3. The molecule has 7 nitrogen and oxygen atoms in total. The van der Waals surface area contributed by atoms with E-state index in [1.54, 1.807) is 46.0 Å². The Morgan fingerprint density at radius 2 is 1.85 bits per heavy atom. The van der Waals surface area contributed by atoms with Crippen molar-refractivity contribution >= 4 is 38.3 Å². The van der Waals surface area contributed by atoms with Crippen molar-refractivity contribution in [2.24, 2.45) is 5.92 Å². The minimum atomic E-state index is -4.15. The molecule has 1 amide bonds. The maximum atomic E-state index is 13.6. The molecule has 1 unspecified atom stereocenters. The second-order valence-electron chi connectivity index (χ2n) is 8.81. The van der Waals surface area contributed by atoms with Gasteiger partial charge in [0.05, 0.1) is 4.90 Å². The lowest BCUT2D eigenvalue weighted by Crippen LogP contribution is -2.57. The van der Waals surface area contributed by atoms with Crippen LogP contribution in [0.3, 0.4) is 0 Å². The SMILES string of the molecule is CC1CCN(C(=O)C(Cl)(CCn2cccc2C#N)NS(=O)(=O)c2cccc3ccccc23)CC1. The van der Waals surface area contributed by atoms with Gasteiger partial charge in [0.2, 0.25) is 10.0 Å². The molecule has 1 aromatic heterocycles. The molecule has 1 aliphatic heterocycles. The van der Waals surface area contributed by atoms with E-state index in [4.69, 9.17) is 11.6 Å². The van der Waals surface area contributed by atoms with Gasteiger partial charge >= 0.3 is 0 Å². The van der Waals surface area contributed by atoms with Crippen LogP contribution in [-0.4, -0.2) is 41.9 Å². The highest BCUT2D eigenvalue weighted by atomic mass is 35.5. The highest BCUT2D eigenvalue weighted by molar-refractivity contribution is 7.89. The number of hydrogen-bond donors (Lipinski definition) is 1. The molecule has 1 fully saturated rings. The number of alkyl halides is 1. The van der Waals surface area contributed by atoms with Crippen LogP contribution in [0, 0.1) is 17.2 Å². The number of likely N-dealkylation sites (tertiary alicyclic amines) is 1. The van der Waals surface area contributed by atoms with Crippen LogP contribution < -0.4 is 4.72 Å². The van der Waals surface area contributed by atoms with Crippen molar-refractivity contribution in [1.82, 2.24) is 14.2 Å². The molecule has 1 saturated heterocycles. The van der Waals surface area contributed by atoms with Crippen LogP contribution in [0.25, 0.3) is 10.8 Å². The van der Waals surface area contributed by atoms with E-state index in [9.17, 15) is 18.5 Å². The molecular weight excluding hydrogens is 472 g/mol. The summed E-state index contributed by atoms with van der Waals surface area (Å²) < 4.78 is 31.3. The van der Waals surface area contributed by atoms with Crippen LogP contribution in [-0.2, 0) is 21.4 Å². The largest absolute Gasteiger partial charge is 0.340 e. The Hall–Kier alpha value is -2.86. The van der Waals surface area contributed by atoms with Crippen molar-refractivity contribution in [1.29, 1.82) is 5.26 Å². The summed E-state index contributed by atoms with van der Waals surface area (Å²) in [4.78, 5) is 13.4. The molecule has 9 heteroatoms. The zero-order valence-corrected chi connectivity index (χ0v) is 20.5. The summed E-state index contributed by atoms with van der Waals surface area (Å²) in [7, 11) is -4.15. The number of carbonyl (C=O) groups excluding carboxylic acids is 1. The number of fused-ring (bicyclic) bond motifs is 1. The Bertz CT molecular complexity index is 1330. The Kier molecular flexibility index (Phi) is 6.99. The summed E-state index contributed by atoms with van der Waals surface area (Å²) >= 11 is 6.88. The summed E-state index contributed by atoms with van der Waals surface area (Å²) in [5, 5.41) is 10.6. The van der Waals surface area contributed by atoms with E-state index in [1.165, 1.54) is 6.07 Å². The number of piperidine rings is 1. The highest BCUT2D eigenvalue weighted by Gasteiger charge is 2.44. The van der Waals surface area contributed by atoms with E-state index >= 15 is 0 Å². The maximum Gasteiger partial charge on any atom is 0.259 e. The standard InChI is InChI=1S/C25H27ClN4O3S/c1-19-11-15-30(16-12-19)24(31)25(26,13-17-29-14-5-8-21(29)18-27)28-34(32,33)23-10-4-7-20-6-2-3-9-22(20)23/h2-10,14,19,28H,11-13,15-17H2,1H3. The summed E-state index contributed by atoms with van der Waals surface area (Å²) in [5.41, 5.74) is 0.412. The van der Waals surface area contributed by atoms with Gasteiger partial charge in [-0.3, -0.25) is 4.79 Å². The molecule has 4 rings (SSSR count). The Balaban J connectivity index is 1.68. The van der Waals surface area contributed by atoms with Crippen molar-refractivity contribution in [3.63, 3.8) is 0 Å². The summed E-state index contributed by atoms with van der Waals surface area (Å²) in [5.74, 6) is 0.0368.